The minimum atomic E-state index is -1.66. The Balaban J connectivity index is 1.75. The molecule has 1 saturated heterocycles. The molecule has 0 amide bonds. The van der Waals surface area contributed by atoms with Crippen LogP contribution in [-0.2, 0) is 9.47 Å². The molecule has 0 bridgehead atoms. The van der Waals surface area contributed by atoms with Crippen molar-refractivity contribution in [1.82, 2.24) is 0 Å². The van der Waals surface area contributed by atoms with Crippen molar-refractivity contribution in [2.45, 2.75) is 36.8 Å². The molecule has 0 aliphatic carbocycles. The molecule has 33 heavy (non-hydrogen) atoms. The summed E-state index contributed by atoms with van der Waals surface area (Å²) in [5.41, 5.74) is 0.725. The predicted molar refractivity (Wildman–Crippen MR) is 112 cm³/mol. The summed E-state index contributed by atoms with van der Waals surface area (Å²) in [7, 11) is 1.38. The van der Waals surface area contributed by atoms with Crippen LogP contribution < -0.4 is 4.74 Å². The lowest BCUT2D eigenvalue weighted by atomic mass is 9.98. The van der Waals surface area contributed by atoms with Crippen molar-refractivity contribution in [3.8, 4) is 28.7 Å². The second kappa shape index (κ2) is 8.96. The molecule has 11 nitrogen and oxygen atoms in total. The number of rotatable bonds is 5. The molecule has 0 aromatic heterocycles. The summed E-state index contributed by atoms with van der Waals surface area (Å²) in [4.78, 5) is 0. The zero-order chi connectivity index (χ0) is 23.9. The number of hydrogen-bond donors (Lipinski definition) is 7. The summed E-state index contributed by atoms with van der Waals surface area (Å²) >= 11 is 0. The summed E-state index contributed by atoms with van der Waals surface area (Å²) < 4.78 is 21.0. The standard InChI is InChI=1S/C22H24O11/c1-30-15-4-9(2-3-12(15)25)21-16(7-11-13(26)5-10(24)6-14(11)31-21)32-22-20(29)19(28)18(27)17(8-23)33-22/h2-7,17-29H,8H2,1H3/p+1. The van der Waals surface area contributed by atoms with Gasteiger partial charge in [-0.3, -0.25) is 0 Å². The molecule has 2 aromatic rings. The highest BCUT2D eigenvalue weighted by atomic mass is 16.7. The van der Waals surface area contributed by atoms with Gasteiger partial charge < -0.3 is 54.7 Å². The lowest BCUT2D eigenvalue weighted by molar-refractivity contribution is -0.295. The molecular weight excluding hydrogens is 440 g/mol. The van der Waals surface area contributed by atoms with Gasteiger partial charge in [-0.05, 0) is 18.2 Å². The van der Waals surface area contributed by atoms with Crippen molar-refractivity contribution in [3.63, 3.8) is 0 Å². The van der Waals surface area contributed by atoms with Gasteiger partial charge in [-0.15, -0.1) is 0 Å². The van der Waals surface area contributed by atoms with Crippen LogP contribution in [0.15, 0.2) is 36.1 Å². The number of phenols is 3. The van der Waals surface area contributed by atoms with Gasteiger partial charge in [0.25, 0.3) is 11.9 Å². The lowest BCUT2D eigenvalue weighted by Gasteiger charge is -2.40. The van der Waals surface area contributed by atoms with Crippen LogP contribution in [0.1, 0.15) is 17.2 Å². The first kappa shape index (κ1) is 23.0. The van der Waals surface area contributed by atoms with Crippen LogP contribution in [0.4, 0.5) is 0 Å². The van der Waals surface area contributed by atoms with Crippen molar-refractivity contribution in [3.05, 3.63) is 47.2 Å². The van der Waals surface area contributed by atoms with E-state index in [4.69, 9.17) is 14.2 Å². The van der Waals surface area contributed by atoms with Crippen LogP contribution >= 0.6 is 0 Å². The first-order chi connectivity index (χ1) is 15.7. The van der Waals surface area contributed by atoms with Crippen LogP contribution in [0.2, 0.25) is 0 Å². The van der Waals surface area contributed by atoms with Crippen molar-refractivity contribution in [2.24, 2.45) is 0 Å². The number of benzene rings is 2. The fourth-order valence-electron chi connectivity index (χ4n) is 3.79. The number of hydrogen-bond acceptors (Lipinski definition) is 10. The molecule has 4 rings (SSSR count). The van der Waals surface area contributed by atoms with Crippen molar-refractivity contribution in [1.29, 1.82) is 0 Å². The van der Waals surface area contributed by atoms with Crippen LogP contribution in [0.3, 0.4) is 0 Å². The van der Waals surface area contributed by atoms with Gasteiger partial charge in [0.1, 0.15) is 41.5 Å². The average Bonchev–Trinajstić information content (AvgIpc) is 2.79. The SMILES string of the molecule is COc1cc(C2[OH+]c3cc(O)cc(O)c3C=C2OC2OC(CO)C(O)C(O)C2O)ccc1O. The van der Waals surface area contributed by atoms with Crippen LogP contribution in [0.5, 0.6) is 28.7 Å². The molecule has 2 aromatic carbocycles. The second-order valence-electron chi connectivity index (χ2n) is 7.72. The Kier molecular flexibility index (Phi) is 6.23. The number of aliphatic hydroxyl groups is 5. The Hall–Kier alpha value is -3.22. The number of ether oxygens (including phenoxy) is 4. The van der Waals surface area contributed by atoms with Gasteiger partial charge >= 0.3 is 0 Å². The van der Waals surface area contributed by atoms with E-state index in [0.29, 0.717) is 5.56 Å². The van der Waals surface area contributed by atoms with Crippen LogP contribution in [-0.4, -0.2) is 84.9 Å². The largest absolute Gasteiger partial charge is 0.571 e. The highest BCUT2D eigenvalue weighted by molar-refractivity contribution is 5.69. The van der Waals surface area contributed by atoms with E-state index < -0.39 is 43.4 Å². The molecule has 0 saturated carbocycles. The predicted octanol–water partition coefficient (Wildman–Crippen LogP) is -0.0344. The smallest absolute Gasteiger partial charge is 0.270 e. The molecule has 2 aliphatic heterocycles. The van der Waals surface area contributed by atoms with E-state index in [1.165, 1.54) is 31.4 Å². The van der Waals surface area contributed by atoms with E-state index >= 15 is 0 Å². The zero-order valence-corrected chi connectivity index (χ0v) is 17.4. The first-order valence-electron chi connectivity index (χ1n) is 10.1. The zero-order valence-electron chi connectivity index (χ0n) is 17.4. The lowest BCUT2D eigenvalue weighted by Crippen LogP contribution is -2.59. The number of phenolic OH excluding ortho intramolecular Hbond substituents is 3. The summed E-state index contributed by atoms with van der Waals surface area (Å²) in [6, 6.07) is 6.94. The molecular formula is C22H25O11+. The molecule has 6 atom stereocenters. The molecule has 11 heteroatoms. The Bertz CT molecular complexity index is 1050. The molecule has 2 aliphatic rings. The summed E-state index contributed by atoms with van der Waals surface area (Å²) in [5.74, 6) is -0.0760. The van der Waals surface area contributed by atoms with Crippen LogP contribution in [0.25, 0.3) is 6.08 Å². The monoisotopic (exact) mass is 465 g/mol. The second-order valence-corrected chi connectivity index (χ2v) is 7.72. The maximum atomic E-state index is 10.4. The maximum absolute atomic E-state index is 10.4. The van der Waals surface area contributed by atoms with Crippen molar-refractivity contribution < 1.29 is 54.7 Å². The summed E-state index contributed by atoms with van der Waals surface area (Å²) in [6.45, 7) is -0.629. The van der Waals surface area contributed by atoms with E-state index in [-0.39, 0.29) is 40.1 Å². The fraction of sp³-hybridized carbons (Fsp3) is 0.364. The van der Waals surface area contributed by atoms with Gasteiger partial charge in [0.15, 0.2) is 17.3 Å². The van der Waals surface area contributed by atoms with E-state index in [1.54, 1.807) is 6.07 Å². The van der Waals surface area contributed by atoms with Gasteiger partial charge in [-0.25, -0.2) is 0 Å². The highest BCUT2D eigenvalue weighted by Crippen LogP contribution is 2.46. The Labute approximate surface area is 187 Å². The Morgan fingerprint density at radius 2 is 1.73 bits per heavy atom. The maximum Gasteiger partial charge on any atom is 0.270 e. The number of methoxy groups -OCH3 is 1. The highest BCUT2D eigenvalue weighted by Gasteiger charge is 2.46. The normalized spacial score (nSPS) is 28.9. The Morgan fingerprint density at radius 3 is 2.42 bits per heavy atom. The summed E-state index contributed by atoms with van der Waals surface area (Å²) in [6.07, 6.45) is -6.98. The molecule has 6 unspecified atom stereocenters. The topological polar surface area (TPSA) is 182 Å². The van der Waals surface area contributed by atoms with Gasteiger partial charge in [-0.1, -0.05) is 0 Å². The molecule has 178 valence electrons. The number of aromatic hydroxyl groups is 4. The minimum Gasteiger partial charge on any atom is -0.571 e. The van der Waals surface area contributed by atoms with Crippen LogP contribution in [0, 0.1) is 0 Å². The van der Waals surface area contributed by atoms with Crippen molar-refractivity contribution in [2.75, 3.05) is 13.7 Å². The number of fused-ring (bicyclic) bond motifs is 1. The van der Waals surface area contributed by atoms with Gasteiger partial charge in [-0.2, -0.15) is 0 Å². The van der Waals surface area contributed by atoms with E-state index in [1.807, 2.05) is 0 Å². The first-order valence-corrected chi connectivity index (χ1v) is 10.1. The van der Waals surface area contributed by atoms with E-state index in [0.717, 1.165) is 6.07 Å². The van der Waals surface area contributed by atoms with Crippen molar-refractivity contribution >= 4 is 6.08 Å². The van der Waals surface area contributed by atoms with E-state index in [9.17, 15) is 35.7 Å². The molecule has 0 spiro atoms. The van der Waals surface area contributed by atoms with Gasteiger partial charge in [0.05, 0.1) is 25.3 Å². The summed E-state index contributed by atoms with van der Waals surface area (Å²) in [5, 5.41) is 70.0. The quantitative estimate of drug-likeness (QED) is 0.296. The molecule has 0 radical (unpaired) electrons. The van der Waals surface area contributed by atoms with Gasteiger partial charge in [0.2, 0.25) is 6.29 Å². The molecule has 8 N–H and O–H groups in total. The third-order valence-corrected chi connectivity index (χ3v) is 5.57. The minimum absolute atomic E-state index is 0.0839. The third-order valence-electron chi connectivity index (χ3n) is 5.57. The molecule has 1 fully saturated rings. The Morgan fingerprint density at radius 1 is 0.970 bits per heavy atom. The van der Waals surface area contributed by atoms with E-state index in [2.05, 4.69) is 4.74 Å². The van der Waals surface area contributed by atoms with Gasteiger partial charge in [0, 0.05) is 12.1 Å². The molecule has 2 heterocycles. The average molecular weight is 465 g/mol. The third kappa shape index (κ3) is 4.24. The number of aliphatic hydroxyl groups excluding tert-OH is 4. The fourth-order valence-corrected chi connectivity index (χ4v) is 3.79.